The largest absolute Gasteiger partial charge is 0.367 e. The summed E-state index contributed by atoms with van der Waals surface area (Å²) in [4.78, 5) is 24.9. The van der Waals surface area contributed by atoms with Crippen molar-refractivity contribution >= 4 is 34.8 Å². The van der Waals surface area contributed by atoms with Crippen molar-refractivity contribution in [1.29, 1.82) is 0 Å². The highest BCUT2D eigenvalue weighted by atomic mass is 35.5. The fourth-order valence-corrected chi connectivity index (χ4v) is 3.13. The molecule has 0 aliphatic heterocycles. The first-order valence-corrected chi connectivity index (χ1v) is 9.95. The molecule has 0 fully saturated rings. The molecule has 0 radical (unpaired) electrons. The predicted molar refractivity (Wildman–Crippen MR) is 122 cm³/mol. The van der Waals surface area contributed by atoms with Crippen molar-refractivity contribution in [2.75, 3.05) is 12.4 Å². The second-order valence-corrected chi connectivity index (χ2v) is 7.18. The fourth-order valence-electron chi connectivity index (χ4n) is 2.94. The Balaban J connectivity index is 1.69. The molecule has 158 valence electrons. The number of nitrogens with zero attached hydrogens (tertiary/aromatic N) is 1. The highest BCUT2D eigenvalue weighted by molar-refractivity contribution is 6.31. The minimum Gasteiger partial charge on any atom is -0.367 e. The molecular weight excluding hydrogens is 414 g/mol. The van der Waals surface area contributed by atoms with Crippen LogP contribution in [0.1, 0.15) is 34.5 Å². The summed E-state index contributed by atoms with van der Waals surface area (Å²) < 4.78 is 5.31. The lowest BCUT2D eigenvalue weighted by Gasteiger charge is -2.14. The van der Waals surface area contributed by atoms with E-state index in [1.165, 1.54) is 7.11 Å². The zero-order valence-electron chi connectivity index (χ0n) is 17.1. The van der Waals surface area contributed by atoms with Crippen molar-refractivity contribution in [1.82, 2.24) is 5.43 Å². The molecule has 31 heavy (non-hydrogen) atoms. The third kappa shape index (κ3) is 6.01. The fraction of sp³-hybridized carbons (Fsp3) is 0.125. The van der Waals surface area contributed by atoms with Crippen LogP contribution < -0.4 is 10.7 Å². The Bertz CT molecular complexity index is 1100. The third-order valence-electron chi connectivity index (χ3n) is 4.53. The molecule has 0 saturated carbocycles. The first-order valence-electron chi connectivity index (χ1n) is 9.57. The highest BCUT2D eigenvalue weighted by Crippen LogP contribution is 2.17. The maximum absolute atomic E-state index is 12.5. The summed E-state index contributed by atoms with van der Waals surface area (Å²) in [5.74, 6) is -0.646. The van der Waals surface area contributed by atoms with Crippen LogP contribution >= 0.6 is 11.6 Å². The van der Waals surface area contributed by atoms with Crippen molar-refractivity contribution in [2.24, 2.45) is 5.10 Å². The number of rotatable bonds is 7. The molecule has 0 saturated heterocycles. The number of carbonyl (C=O) groups excluding carboxylic acids is 2. The molecule has 1 atom stereocenters. The monoisotopic (exact) mass is 435 g/mol. The maximum Gasteiger partial charge on any atom is 0.273 e. The number of hydrazone groups is 1. The number of nitrogens with one attached hydrogen (secondary N) is 2. The summed E-state index contributed by atoms with van der Waals surface area (Å²) in [5, 5.41) is 7.51. The van der Waals surface area contributed by atoms with Crippen molar-refractivity contribution in [3.05, 3.63) is 101 Å². The van der Waals surface area contributed by atoms with Crippen molar-refractivity contribution < 1.29 is 14.3 Å². The van der Waals surface area contributed by atoms with Gasteiger partial charge in [0, 0.05) is 23.4 Å². The molecule has 0 unspecified atom stereocenters. The molecule has 3 rings (SSSR count). The van der Waals surface area contributed by atoms with E-state index < -0.39 is 6.10 Å². The second kappa shape index (κ2) is 10.5. The van der Waals surface area contributed by atoms with Gasteiger partial charge in [-0.05, 0) is 48.4 Å². The van der Waals surface area contributed by atoms with Gasteiger partial charge in [0.25, 0.3) is 11.8 Å². The number of benzene rings is 3. The van der Waals surface area contributed by atoms with E-state index in [9.17, 15) is 9.59 Å². The number of methoxy groups -OCH3 is 1. The van der Waals surface area contributed by atoms with Crippen LogP contribution in [-0.2, 0) is 9.53 Å². The molecule has 0 heterocycles. The van der Waals surface area contributed by atoms with Gasteiger partial charge < -0.3 is 10.1 Å². The van der Waals surface area contributed by atoms with Gasteiger partial charge in [0.05, 0.1) is 5.71 Å². The quantitative estimate of drug-likeness (QED) is 0.412. The lowest BCUT2D eigenvalue weighted by Crippen LogP contribution is -2.27. The molecular formula is C24H22ClN3O3. The van der Waals surface area contributed by atoms with E-state index in [4.69, 9.17) is 16.3 Å². The highest BCUT2D eigenvalue weighted by Gasteiger charge is 2.19. The van der Waals surface area contributed by atoms with Crippen molar-refractivity contribution in [3.8, 4) is 0 Å². The third-order valence-corrected chi connectivity index (χ3v) is 4.77. The lowest BCUT2D eigenvalue weighted by molar-refractivity contribution is -0.131. The van der Waals surface area contributed by atoms with Crippen LogP contribution in [0.25, 0.3) is 0 Å². The molecule has 6 nitrogen and oxygen atoms in total. The normalized spacial score (nSPS) is 12.2. The van der Waals surface area contributed by atoms with Crippen LogP contribution in [0.5, 0.6) is 0 Å². The van der Waals surface area contributed by atoms with Crippen molar-refractivity contribution in [2.45, 2.75) is 13.0 Å². The topological polar surface area (TPSA) is 79.8 Å². The Kier molecular flexibility index (Phi) is 7.54. The van der Waals surface area contributed by atoms with Gasteiger partial charge >= 0.3 is 0 Å². The van der Waals surface area contributed by atoms with E-state index in [0.717, 1.165) is 11.1 Å². The van der Waals surface area contributed by atoms with Gasteiger partial charge in [-0.3, -0.25) is 9.59 Å². The Hall–Kier alpha value is -3.48. The van der Waals surface area contributed by atoms with Crippen LogP contribution in [0.2, 0.25) is 5.02 Å². The van der Waals surface area contributed by atoms with E-state index in [2.05, 4.69) is 15.8 Å². The zero-order chi connectivity index (χ0) is 22.2. The molecule has 3 aromatic rings. The van der Waals surface area contributed by atoms with Crippen LogP contribution in [0, 0.1) is 0 Å². The lowest BCUT2D eigenvalue weighted by atomic mass is 10.1. The Labute approximate surface area is 185 Å². The van der Waals surface area contributed by atoms with Gasteiger partial charge in [0.2, 0.25) is 0 Å². The molecule has 7 heteroatoms. The summed E-state index contributed by atoms with van der Waals surface area (Å²) in [5.41, 5.74) is 5.67. The smallest absolute Gasteiger partial charge is 0.273 e. The predicted octanol–water partition coefficient (Wildman–Crippen LogP) is 4.82. The zero-order valence-corrected chi connectivity index (χ0v) is 17.9. The summed E-state index contributed by atoms with van der Waals surface area (Å²) in [6, 6.07) is 23.1. The number of halogens is 1. The van der Waals surface area contributed by atoms with Gasteiger partial charge in [-0.25, -0.2) is 5.43 Å². The second-order valence-electron chi connectivity index (χ2n) is 6.74. The number of hydrogen-bond acceptors (Lipinski definition) is 4. The van der Waals surface area contributed by atoms with E-state index in [0.29, 0.717) is 22.0 Å². The van der Waals surface area contributed by atoms with Crippen LogP contribution in [0.3, 0.4) is 0 Å². The minimum atomic E-state index is -0.763. The number of ether oxygens (including phenoxy) is 1. The van der Waals surface area contributed by atoms with Gasteiger partial charge in [0.15, 0.2) is 6.10 Å². The summed E-state index contributed by atoms with van der Waals surface area (Å²) in [6.07, 6.45) is -0.763. The van der Waals surface area contributed by atoms with E-state index in [1.54, 1.807) is 49.4 Å². The molecule has 2 amide bonds. The van der Waals surface area contributed by atoms with Crippen LogP contribution in [0.4, 0.5) is 5.69 Å². The molecule has 0 aliphatic carbocycles. The Morgan fingerprint density at radius 2 is 1.65 bits per heavy atom. The molecule has 3 aromatic carbocycles. The maximum atomic E-state index is 12.5. The number of amides is 2. The molecule has 0 bridgehead atoms. The summed E-state index contributed by atoms with van der Waals surface area (Å²) in [6.45, 7) is 1.77. The Morgan fingerprint density at radius 3 is 2.35 bits per heavy atom. The molecule has 2 N–H and O–H groups in total. The molecule has 0 aliphatic rings. The average molecular weight is 436 g/mol. The summed E-state index contributed by atoms with van der Waals surface area (Å²) >= 11 is 5.95. The molecule has 0 aromatic heterocycles. The average Bonchev–Trinajstić information content (AvgIpc) is 2.79. The number of anilines is 1. The van der Waals surface area contributed by atoms with Crippen LogP contribution in [-0.4, -0.2) is 24.6 Å². The van der Waals surface area contributed by atoms with Gasteiger partial charge in [-0.1, -0.05) is 60.1 Å². The standard InChI is InChI=1S/C24H22ClN3O3/c1-16(27-28-24(30)22(31-2)17-8-4-3-5-9-17)18-10-7-13-21(15-18)26-23(29)19-11-6-12-20(25)14-19/h3-15,22H,1-2H3,(H,26,29)(H,28,30)/b27-16-/t22-/m1/s1. The van der Waals surface area contributed by atoms with Crippen LogP contribution in [0.15, 0.2) is 84.0 Å². The SMILES string of the molecule is CO[C@@H](C(=O)N/N=C(/C)c1cccc(NC(=O)c2cccc(Cl)c2)c1)c1ccccc1. The minimum absolute atomic E-state index is 0.270. The number of carbonyl (C=O) groups is 2. The van der Waals surface area contributed by atoms with Gasteiger partial charge in [-0.2, -0.15) is 5.10 Å². The van der Waals surface area contributed by atoms with Gasteiger partial charge in [-0.15, -0.1) is 0 Å². The Morgan fingerprint density at radius 1 is 0.935 bits per heavy atom. The number of hydrogen-bond donors (Lipinski definition) is 2. The first-order chi connectivity index (χ1) is 15.0. The van der Waals surface area contributed by atoms with E-state index in [-0.39, 0.29) is 11.8 Å². The van der Waals surface area contributed by atoms with E-state index in [1.807, 2.05) is 36.4 Å². The molecule has 0 spiro atoms. The van der Waals surface area contributed by atoms with E-state index >= 15 is 0 Å². The van der Waals surface area contributed by atoms with Crippen molar-refractivity contribution in [3.63, 3.8) is 0 Å². The van der Waals surface area contributed by atoms with Gasteiger partial charge in [0.1, 0.15) is 0 Å². The summed E-state index contributed by atoms with van der Waals surface area (Å²) in [7, 11) is 1.47. The first kappa shape index (κ1) is 22.2.